The fourth-order valence-electron chi connectivity index (χ4n) is 13.9. The number of anilines is 3. The van der Waals surface area contributed by atoms with Gasteiger partial charge in [-0.15, -0.1) is 12.8 Å². The normalized spacial score (nSPS) is 15.6. The van der Waals surface area contributed by atoms with E-state index in [1.807, 2.05) is 208 Å². The van der Waals surface area contributed by atoms with Gasteiger partial charge in [0.2, 0.25) is 0 Å². The van der Waals surface area contributed by atoms with Gasteiger partial charge in [0, 0.05) is 144 Å². The molecule has 4 saturated heterocycles. The van der Waals surface area contributed by atoms with Gasteiger partial charge >= 0.3 is 63.9 Å². The molecule has 4 aliphatic heterocycles. The molecule has 11 N–H and O–H groups in total. The van der Waals surface area contributed by atoms with Gasteiger partial charge in [-0.3, -0.25) is 18.1 Å². The Morgan fingerprint density at radius 3 is 1.23 bits per heavy atom. The fraction of sp³-hybridized carbons (Fsp3) is 0.378. The van der Waals surface area contributed by atoms with Crippen LogP contribution >= 0.6 is 31.9 Å². The number of carbonyl (C=O) groups excluding carboxylic acids is 3. The van der Waals surface area contributed by atoms with Gasteiger partial charge < -0.3 is 99.1 Å². The van der Waals surface area contributed by atoms with Gasteiger partial charge in [-0.05, 0) is 223 Å². The molecule has 14 aromatic rings. The van der Waals surface area contributed by atoms with E-state index in [4.69, 9.17) is 60.7 Å². The Kier molecular flexibility index (Phi) is 37.1. The zero-order chi connectivity index (χ0) is 96.8. The van der Waals surface area contributed by atoms with Gasteiger partial charge in [-0.2, -0.15) is 0 Å². The number of hydrogen-bond donors (Lipinski definition) is 9. The van der Waals surface area contributed by atoms with Gasteiger partial charge in [0.1, 0.15) is 27.4 Å². The first-order valence-electron chi connectivity index (χ1n) is 43.3. The quantitative estimate of drug-likeness (QED) is 0.0177. The Morgan fingerprint density at radius 1 is 0.508 bits per heavy atom. The maximum absolute atomic E-state index is 11.9. The number of halogens is 2. The second-order valence-corrected chi connectivity index (χ2v) is 34.6. The number of morpholine rings is 1. The number of nitrogens with two attached hydrogens (primary N) is 1. The molecule has 0 amide bonds. The van der Waals surface area contributed by atoms with Crippen molar-refractivity contribution < 1.29 is 98.5 Å². The standard InChI is InChI=1S/C18H17N5O2.C17H22BNO4.C16H13N5O2.C12H24B2O4.C11H10BrNO2.C7H7BrN4.C7H16N2O.C2H2.B2.Li.H2O.H2/c1-3-25-18(24)14-9-12-8-11(4-5-13(12)22-14)15-10-21-17-16(19-2)20-6-7-23(15)17;1-6-21-15(20)14-10-11-9-12(7-8-13(11)19-14)18-22-16(2,3)17(4,5)23-18;1-17-14-15-19-8-13(21(15)5-4-18-14)9-2-3-11-10(6-9)7-12(20-11)16(22)23;1-9(2)10(3,4)16-13(15-9)14-17-11(5,6)12(7,8)18-14;1-2-15-11(14)10-6-7-5-8(12)3-4-9(7)13-10;1-9-6-7-11-4-5(8)12(7)3-2-10-6;8-2-1-3-9-4-6-10-7-5-9;2*1-2;;;/h4-10,22H,3H2,1-2H3,(H,19,20);7-10,19H,6H2,1-5H3;2-8,20H,1H3,(H,17,18)(H,22,23);1-8H3;3-6,13H,2H2,1H3;2-4H,1H3,(H,9,10);1-8H2;1-2H;;;1H2;1H/q;;;;;;;;;+1;;/p-1/i;;;;;;;;;;;1+1D. The number of ether oxygens (including phenoxy) is 4. The number of rotatable bonds is 17. The minimum absolute atomic E-state index is 0. The van der Waals surface area contributed by atoms with E-state index < -0.39 is 27.1 Å². The van der Waals surface area contributed by atoms with Crippen LogP contribution in [0.15, 0.2) is 162 Å². The predicted molar refractivity (Wildman–Crippen MR) is 523 cm³/mol. The van der Waals surface area contributed by atoms with Crippen LogP contribution in [0.3, 0.4) is 0 Å². The van der Waals surface area contributed by atoms with Gasteiger partial charge in [0.05, 0.1) is 96.6 Å². The van der Waals surface area contributed by atoms with Crippen LogP contribution in [-0.4, -0.2) is 253 Å². The van der Waals surface area contributed by atoms with Crippen LogP contribution in [0.2, 0.25) is 0 Å². The minimum Gasteiger partial charge on any atom is -0.870 e. The summed E-state index contributed by atoms with van der Waals surface area (Å²) < 4.78 is 73.9. The van der Waals surface area contributed by atoms with Crippen molar-refractivity contribution in [2.75, 3.05) is 96.3 Å². The first kappa shape index (κ1) is 105. The Bertz CT molecular complexity index is 6180. The monoisotopic (exact) mass is 1920 g/mol. The van der Waals surface area contributed by atoms with Crippen LogP contribution < -0.4 is 46.0 Å². The summed E-state index contributed by atoms with van der Waals surface area (Å²) in [6.45, 7) is 36.7. The topological polar surface area (TPSA) is 430 Å². The number of carboxylic acids is 1. The maximum Gasteiger partial charge on any atom is 1.00 e. The van der Waals surface area contributed by atoms with Crippen molar-refractivity contribution in [2.24, 2.45) is 5.73 Å². The largest absolute Gasteiger partial charge is 1.00 e. The molecule has 132 heavy (non-hydrogen) atoms. The number of nitrogens with zero attached hydrogens (tertiary/aromatic N) is 10. The van der Waals surface area contributed by atoms with Gasteiger partial charge in [0.15, 0.2) is 34.4 Å². The number of aromatic amines is 4. The fourth-order valence-corrected chi connectivity index (χ4v) is 14.6. The number of nitrogens with one attached hydrogen (secondary N) is 7. The van der Waals surface area contributed by atoms with E-state index in [0.29, 0.717) is 42.7 Å². The van der Waals surface area contributed by atoms with Crippen LogP contribution in [0.4, 0.5) is 17.5 Å². The molecule has 18 rings (SSSR count). The molecule has 690 valence electrons. The molecule has 42 heteroatoms. The van der Waals surface area contributed by atoms with E-state index in [1.54, 1.807) is 83.1 Å². The van der Waals surface area contributed by atoms with E-state index in [2.05, 4.69) is 131 Å². The van der Waals surface area contributed by atoms with E-state index in [9.17, 15) is 19.2 Å². The average Bonchev–Trinajstić information content (AvgIpc) is 1.59. The summed E-state index contributed by atoms with van der Waals surface area (Å²) >= 11 is 6.75. The zero-order valence-corrected chi connectivity index (χ0v) is 81.1. The summed E-state index contributed by atoms with van der Waals surface area (Å²) in [7, 11) is 12.1. The average molecular weight is 1930 g/mol. The van der Waals surface area contributed by atoms with Crippen molar-refractivity contribution in [3.05, 3.63) is 185 Å². The molecule has 0 bridgehead atoms. The zero-order valence-electron chi connectivity index (χ0n) is 80.0. The Labute approximate surface area is 803 Å². The minimum atomic E-state index is -0.970. The summed E-state index contributed by atoms with van der Waals surface area (Å²) in [5.41, 5.74) is 15.4. The molecule has 4 aliphatic rings. The number of terminal acetylenes is 1. The third kappa shape index (κ3) is 25.0. The second kappa shape index (κ2) is 46.7. The molecule has 34 nitrogen and oxygen atoms in total. The number of H-pyrrole nitrogens is 4. The SMILES string of the molecule is C#C.CC1(C)OB(B2OC(C)(C)C(C)(C)O2)OC1(C)C.CCOC(=O)c1cc2cc(-c3cnc4c(NC)nccn34)ccc2[nH]1.CCOC(=O)c1cc2cc(B3OC(C)(C)C(C)(C)O3)ccc2[nH]1.CCOC(=O)c1cc2cc(Br)ccc2[nH]1.CNc1nccn2c(-c3ccc4[nH]c(C(=O)O)cc4c3)cnc12.CNc1nccn2c(Br)cnc12.NCCCN1CCOCC1.[2H][2H].[B][B].[Li+].[OH-]. The van der Waals surface area contributed by atoms with Gasteiger partial charge in [-0.1, -0.05) is 40.2 Å². The molecule has 0 aliphatic carbocycles. The number of esters is 3. The van der Waals surface area contributed by atoms with E-state index in [1.165, 1.54) is 0 Å². The smallest absolute Gasteiger partial charge is 0.870 e. The first-order valence-corrected chi connectivity index (χ1v) is 43.9. The van der Waals surface area contributed by atoms with Crippen molar-refractivity contribution in [1.82, 2.24) is 67.9 Å². The number of benzene rings is 4. The van der Waals surface area contributed by atoms with Crippen LogP contribution in [0.5, 0.6) is 0 Å². The number of carboxylic acid groups (broad SMARTS) is 1. The van der Waals surface area contributed by atoms with E-state index >= 15 is 0 Å². The summed E-state index contributed by atoms with van der Waals surface area (Å²) in [5, 5.41) is 21.8. The molecule has 0 atom stereocenters. The molecular formula is C90H114B5Br2LiN18O16. The number of aromatic carboxylic acids is 1. The molecule has 4 aromatic carbocycles. The van der Waals surface area contributed by atoms with Crippen molar-refractivity contribution in [3.8, 4) is 35.4 Å². The van der Waals surface area contributed by atoms with Crippen LogP contribution in [0, 0.1) is 12.8 Å². The van der Waals surface area contributed by atoms with Gasteiger partial charge in [0.25, 0.3) is 0 Å². The predicted octanol–water partition coefficient (Wildman–Crippen LogP) is 11.5. The van der Waals surface area contributed by atoms with E-state index in [-0.39, 0.29) is 81.5 Å². The molecular weight excluding hydrogens is 1810 g/mol. The van der Waals surface area contributed by atoms with Crippen LogP contribution in [0.25, 0.3) is 83.1 Å². The molecule has 0 unspecified atom stereocenters. The molecule has 14 heterocycles. The molecule has 0 saturated carbocycles. The van der Waals surface area contributed by atoms with Crippen molar-refractivity contribution >= 4 is 176 Å². The van der Waals surface area contributed by atoms with Crippen molar-refractivity contribution in [1.29, 1.82) is 0 Å². The molecule has 0 spiro atoms. The first-order chi connectivity index (χ1) is 62.9. The van der Waals surface area contributed by atoms with Crippen LogP contribution in [0.1, 0.15) is 155 Å². The van der Waals surface area contributed by atoms with Crippen LogP contribution in [-0.2, 0) is 46.9 Å². The number of carbonyl (C=O) groups is 4. The third-order valence-corrected chi connectivity index (χ3v) is 23.9. The Hall–Kier alpha value is -10.8. The number of hydrogen-bond acceptors (Lipinski definition) is 26. The molecule has 10 aromatic heterocycles. The maximum atomic E-state index is 11.9. The summed E-state index contributed by atoms with van der Waals surface area (Å²) in [5.74, 6) is 0.228. The van der Waals surface area contributed by atoms with E-state index in [0.717, 1.165) is 155 Å². The molecule has 4 fully saturated rings. The third-order valence-electron chi connectivity index (χ3n) is 22.8. The number of fused-ring (bicyclic) bond motifs is 7. The summed E-state index contributed by atoms with van der Waals surface area (Å²) in [6.07, 6.45) is 25.2. The molecule has 4 radical (unpaired) electrons. The Balaban J connectivity index is 0.000000214. The number of imidazole rings is 3. The summed E-state index contributed by atoms with van der Waals surface area (Å²) in [6, 6.07) is 30.4. The number of aromatic nitrogens is 13. The Morgan fingerprint density at radius 2 is 0.848 bits per heavy atom. The second-order valence-electron chi connectivity index (χ2n) is 32.8. The summed E-state index contributed by atoms with van der Waals surface area (Å²) in [4.78, 5) is 86.4. The van der Waals surface area contributed by atoms with Crippen molar-refractivity contribution in [2.45, 2.75) is 144 Å². The van der Waals surface area contributed by atoms with Crippen molar-refractivity contribution in [3.63, 3.8) is 0 Å². The van der Waals surface area contributed by atoms with Gasteiger partial charge in [-0.25, -0.2) is 49.1 Å².